The Balaban J connectivity index is 1.91. The van der Waals surface area contributed by atoms with E-state index in [-0.39, 0.29) is 0 Å². The standard InChI is InChI=1S/C12H17NS/c1-10-8-9-12(10)13(2)14-11-6-4-3-5-7-11/h3-7,10,12H,8-9H2,1-2H3. The van der Waals surface area contributed by atoms with E-state index in [9.17, 15) is 0 Å². The van der Waals surface area contributed by atoms with E-state index in [4.69, 9.17) is 0 Å². The first kappa shape index (κ1) is 10.1. The number of nitrogens with zero attached hydrogens (tertiary/aromatic N) is 1. The van der Waals surface area contributed by atoms with Gasteiger partial charge in [-0.15, -0.1) is 0 Å². The third kappa shape index (κ3) is 2.12. The number of benzene rings is 1. The highest BCUT2D eigenvalue weighted by atomic mass is 32.2. The smallest absolute Gasteiger partial charge is 0.0230 e. The molecule has 0 radical (unpaired) electrons. The summed E-state index contributed by atoms with van der Waals surface area (Å²) in [5.74, 6) is 0.871. The molecule has 1 aliphatic carbocycles. The van der Waals surface area contributed by atoms with E-state index in [2.05, 4.69) is 48.6 Å². The SMILES string of the molecule is CC1CCC1N(C)Sc1ccccc1. The lowest BCUT2D eigenvalue weighted by Crippen LogP contribution is -2.39. The van der Waals surface area contributed by atoms with Gasteiger partial charge in [0.25, 0.3) is 0 Å². The van der Waals surface area contributed by atoms with Crippen LogP contribution in [0.25, 0.3) is 0 Å². The molecular formula is C12H17NS. The topological polar surface area (TPSA) is 3.24 Å². The zero-order valence-electron chi connectivity index (χ0n) is 8.81. The molecule has 2 heteroatoms. The molecule has 76 valence electrons. The highest BCUT2D eigenvalue weighted by molar-refractivity contribution is 7.97. The van der Waals surface area contributed by atoms with Crippen LogP contribution >= 0.6 is 11.9 Å². The molecule has 1 saturated carbocycles. The van der Waals surface area contributed by atoms with Gasteiger partial charge in [-0.3, -0.25) is 0 Å². The van der Waals surface area contributed by atoms with Crippen LogP contribution in [-0.2, 0) is 0 Å². The average Bonchev–Trinajstić information content (AvgIpc) is 2.17. The van der Waals surface area contributed by atoms with Gasteiger partial charge in [0.15, 0.2) is 0 Å². The quantitative estimate of drug-likeness (QED) is 0.699. The van der Waals surface area contributed by atoms with Gasteiger partial charge in [-0.05, 0) is 49.9 Å². The lowest BCUT2D eigenvalue weighted by Gasteiger charge is -2.39. The minimum Gasteiger partial charge on any atom is -0.246 e. The summed E-state index contributed by atoms with van der Waals surface area (Å²) in [7, 11) is 2.21. The van der Waals surface area contributed by atoms with Crippen molar-refractivity contribution in [2.24, 2.45) is 5.92 Å². The number of rotatable bonds is 3. The highest BCUT2D eigenvalue weighted by Gasteiger charge is 2.30. The maximum absolute atomic E-state index is 2.41. The molecule has 0 aromatic heterocycles. The first-order chi connectivity index (χ1) is 6.77. The van der Waals surface area contributed by atoms with E-state index < -0.39 is 0 Å². The molecular weight excluding hydrogens is 190 g/mol. The fourth-order valence-corrected chi connectivity index (χ4v) is 2.96. The van der Waals surface area contributed by atoms with Crippen molar-refractivity contribution in [2.45, 2.75) is 30.7 Å². The van der Waals surface area contributed by atoms with Crippen molar-refractivity contribution in [3.05, 3.63) is 30.3 Å². The summed E-state index contributed by atoms with van der Waals surface area (Å²) in [5, 5.41) is 0. The molecule has 0 saturated heterocycles. The molecule has 0 aliphatic heterocycles. The summed E-state index contributed by atoms with van der Waals surface area (Å²) in [4.78, 5) is 1.34. The Labute approximate surface area is 90.6 Å². The van der Waals surface area contributed by atoms with Crippen molar-refractivity contribution >= 4 is 11.9 Å². The minimum atomic E-state index is 0.778. The molecule has 1 nitrogen and oxygen atoms in total. The summed E-state index contributed by atoms with van der Waals surface area (Å²) >= 11 is 1.86. The van der Waals surface area contributed by atoms with Gasteiger partial charge in [0.05, 0.1) is 0 Å². The Morgan fingerprint density at radius 3 is 2.43 bits per heavy atom. The first-order valence-corrected chi connectivity index (χ1v) is 6.00. The molecule has 2 rings (SSSR count). The second-order valence-electron chi connectivity index (χ2n) is 4.07. The maximum Gasteiger partial charge on any atom is 0.0230 e. The van der Waals surface area contributed by atoms with Gasteiger partial charge in [0.1, 0.15) is 0 Å². The Hall–Kier alpha value is -0.470. The molecule has 1 fully saturated rings. The summed E-state index contributed by atoms with van der Waals surface area (Å²) in [6, 6.07) is 11.4. The summed E-state index contributed by atoms with van der Waals surface area (Å²) in [5.41, 5.74) is 0. The van der Waals surface area contributed by atoms with Gasteiger partial charge in [0.2, 0.25) is 0 Å². The van der Waals surface area contributed by atoms with E-state index >= 15 is 0 Å². The van der Waals surface area contributed by atoms with Crippen LogP contribution in [0.5, 0.6) is 0 Å². The molecule has 0 bridgehead atoms. The average molecular weight is 207 g/mol. The molecule has 0 N–H and O–H groups in total. The van der Waals surface area contributed by atoms with Gasteiger partial charge in [0, 0.05) is 10.9 Å². The zero-order valence-corrected chi connectivity index (χ0v) is 9.63. The lowest BCUT2D eigenvalue weighted by molar-refractivity contribution is 0.174. The van der Waals surface area contributed by atoms with E-state index in [0.717, 1.165) is 12.0 Å². The van der Waals surface area contributed by atoms with Crippen LogP contribution in [0, 0.1) is 5.92 Å². The molecule has 0 amide bonds. The van der Waals surface area contributed by atoms with Crippen molar-refractivity contribution in [3.8, 4) is 0 Å². The highest BCUT2D eigenvalue weighted by Crippen LogP contribution is 2.36. The van der Waals surface area contributed by atoms with Gasteiger partial charge in [-0.2, -0.15) is 0 Å². The van der Waals surface area contributed by atoms with E-state index in [1.807, 2.05) is 11.9 Å². The fourth-order valence-electron chi connectivity index (χ4n) is 1.90. The van der Waals surface area contributed by atoms with Crippen molar-refractivity contribution in [1.82, 2.24) is 4.31 Å². The second kappa shape index (κ2) is 4.37. The Bertz CT molecular complexity index is 286. The molecule has 2 atom stereocenters. The summed E-state index contributed by atoms with van der Waals surface area (Å²) in [6.07, 6.45) is 2.75. The molecule has 14 heavy (non-hydrogen) atoms. The van der Waals surface area contributed by atoms with Crippen LogP contribution in [0.15, 0.2) is 35.2 Å². The Morgan fingerprint density at radius 2 is 1.93 bits per heavy atom. The van der Waals surface area contributed by atoms with Gasteiger partial charge < -0.3 is 0 Å². The van der Waals surface area contributed by atoms with Crippen LogP contribution in [0.3, 0.4) is 0 Å². The fraction of sp³-hybridized carbons (Fsp3) is 0.500. The summed E-state index contributed by atoms with van der Waals surface area (Å²) < 4.78 is 2.41. The van der Waals surface area contributed by atoms with Crippen LogP contribution in [0.1, 0.15) is 19.8 Å². The molecule has 2 unspecified atom stereocenters. The largest absolute Gasteiger partial charge is 0.246 e. The van der Waals surface area contributed by atoms with Crippen LogP contribution < -0.4 is 0 Å². The molecule has 1 aromatic carbocycles. The van der Waals surface area contributed by atoms with Crippen molar-refractivity contribution < 1.29 is 0 Å². The minimum absolute atomic E-state index is 0.778. The van der Waals surface area contributed by atoms with Gasteiger partial charge in [-0.25, -0.2) is 4.31 Å². The van der Waals surface area contributed by atoms with E-state index in [1.54, 1.807) is 0 Å². The monoisotopic (exact) mass is 207 g/mol. The molecule has 0 heterocycles. The molecule has 0 spiro atoms. The molecule has 1 aliphatic rings. The van der Waals surface area contributed by atoms with Crippen LogP contribution in [-0.4, -0.2) is 17.4 Å². The summed E-state index contributed by atoms with van der Waals surface area (Å²) in [6.45, 7) is 2.34. The van der Waals surface area contributed by atoms with Crippen LogP contribution in [0.2, 0.25) is 0 Å². The normalized spacial score (nSPS) is 26.2. The second-order valence-corrected chi connectivity index (χ2v) is 5.30. The van der Waals surface area contributed by atoms with E-state index in [0.29, 0.717) is 0 Å². The van der Waals surface area contributed by atoms with Crippen LogP contribution in [0.4, 0.5) is 0 Å². The number of hydrogen-bond acceptors (Lipinski definition) is 2. The lowest BCUT2D eigenvalue weighted by atomic mass is 9.81. The predicted octanol–water partition coefficient (Wildman–Crippen LogP) is 3.42. The van der Waals surface area contributed by atoms with Gasteiger partial charge in [-0.1, -0.05) is 25.1 Å². The maximum atomic E-state index is 2.41. The third-order valence-electron chi connectivity index (χ3n) is 3.03. The predicted molar refractivity (Wildman–Crippen MR) is 62.2 cm³/mol. The van der Waals surface area contributed by atoms with Crippen molar-refractivity contribution in [2.75, 3.05) is 7.05 Å². The Morgan fingerprint density at radius 1 is 1.21 bits per heavy atom. The Kier molecular flexibility index (Phi) is 3.14. The third-order valence-corrected chi connectivity index (χ3v) is 4.08. The van der Waals surface area contributed by atoms with E-state index in [1.165, 1.54) is 17.7 Å². The number of hydrogen-bond donors (Lipinski definition) is 0. The first-order valence-electron chi connectivity index (χ1n) is 5.23. The van der Waals surface area contributed by atoms with Gasteiger partial charge >= 0.3 is 0 Å². The molecule has 1 aromatic rings. The zero-order chi connectivity index (χ0) is 9.97. The van der Waals surface area contributed by atoms with Crippen molar-refractivity contribution in [3.63, 3.8) is 0 Å². The van der Waals surface area contributed by atoms with Crippen molar-refractivity contribution in [1.29, 1.82) is 0 Å².